The molecule has 0 unspecified atom stereocenters. The van der Waals surface area contributed by atoms with E-state index in [0.717, 1.165) is 6.42 Å². The van der Waals surface area contributed by atoms with Gasteiger partial charge in [-0.15, -0.1) is 0 Å². The standard InChI is InChI=1S/C14H17F3O3/c1-2-3-4-5-12(14(15,16)17)20-13(19)10-6-8-11(18)9-7-10/h6-9,12,18H,2-5H2,1H3/t12-/m1/s1. The number of aromatic hydroxyl groups is 1. The second-order valence-corrected chi connectivity index (χ2v) is 4.48. The van der Waals surface area contributed by atoms with Crippen molar-refractivity contribution in [2.75, 3.05) is 0 Å². The number of carbonyl (C=O) groups is 1. The lowest BCUT2D eigenvalue weighted by atomic mass is 10.1. The molecule has 0 aliphatic rings. The highest BCUT2D eigenvalue weighted by molar-refractivity contribution is 5.89. The van der Waals surface area contributed by atoms with E-state index in [1.807, 2.05) is 6.92 Å². The highest BCUT2D eigenvalue weighted by atomic mass is 19.4. The summed E-state index contributed by atoms with van der Waals surface area (Å²) in [5.41, 5.74) is -0.0208. The van der Waals surface area contributed by atoms with Gasteiger partial charge in [0.05, 0.1) is 5.56 Å². The number of halogens is 3. The molecule has 0 radical (unpaired) electrons. The number of benzene rings is 1. The molecule has 0 saturated heterocycles. The van der Waals surface area contributed by atoms with Gasteiger partial charge in [0, 0.05) is 0 Å². The molecule has 6 heteroatoms. The van der Waals surface area contributed by atoms with Crippen LogP contribution < -0.4 is 0 Å². The maximum absolute atomic E-state index is 12.8. The first-order chi connectivity index (χ1) is 9.34. The molecule has 0 bridgehead atoms. The summed E-state index contributed by atoms with van der Waals surface area (Å²) in [5.74, 6) is -1.11. The van der Waals surface area contributed by atoms with Gasteiger partial charge in [-0.3, -0.25) is 0 Å². The van der Waals surface area contributed by atoms with Gasteiger partial charge in [0.2, 0.25) is 0 Å². The lowest BCUT2D eigenvalue weighted by Gasteiger charge is -2.20. The molecule has 112 valence electrons. The molecule has 0 aromatic heterocycles. The van der Waals surface area contributed by atoms with Gasteiger partial charge >= 0.3 is 12.1 Å². The van der Waals surface area contributed by atoms with Crippen LogP contribution in [-0.2, 0) is 4.74 Å². The highest BCUT2D eigenvalue weighted by Crippen LogP contribution is 2.28. The lowest BCUT2D eigenvalue weighted by Crippen LogP contribution is -2.33. The van der Waals surface area contributed by atoms with Crippen LogP contribution >= 0.6 is 0 Å². The third-order valence-electron chi connectivity index (χ3n) is 2.79. The number of phenols is 1. The van der Waals surface area contributed by atoms with E-state index in [4.69, 9.17) is 5.11 Å². The Labute approximate surface area is 115 Å². The molecule has 0 aliphatic heterocycles. The second kappa shape index (κ2) is 7.17. The molecule has 0 fully saturated rings. The van der Waals surface area contributed by atoms with Crippen molar-refractivity contribution in [2.45, 2.75) is 44.9 Å². The summed E-state index contributed by atoms with van der Waals surface area (Å²) in [7, 11) is 0. The molecule has 0 amide bonds. The van der Waals surface area contributed by atoms with Gasteiger partial charge in [-0.2, -0.15) is 13.2 Å². The Morgan fingerprint density at radius 3 is 2.35 bits per heavy atom. The minimum Gasteiger partial charge on any atom is -0.508 e. The van der Waals surface area contributed by atoms with Gasteiger partial charge in [-0.25, -0.2) is 4.79 Å². The highest BCUT2D eigenvalue weighted by Gasteiger charge is 2.42. The SMILES string of the molecule is CCCCC[C@@H](OC(=O)c1ccc(O)cc1)C(F)(F)F. The smallest absolute Gasteiger partial charge is 0.425 e. The maximum atomic E-state index is 12.8. The quantitative estimate of drug-likeness (QED) is 0.635. The van der Waals surface area contributed by atoms with E-state index in [1.54, 1.807) is 0 Å². The molecule has 0 aliphatic carbocycles. The largest absolute Gasteiger partial charge is 0.508 e. The van der Waals surface area contributed by atoms with Crippen LogP contribution in [0.15, 0.2) is 24.3 Å². The van der Waals surface area contributed by atoms with Gasteiger partial charge in [0.15, 0.2) is 6.10 Å². The molecular weight excluding hydrogens is 273 g/mol. The van der Waals surface area contributed by atoms with Crippen molar-refractivity contribution in [3.8, 4) is 5.75 Å². The third kappa shape index (κ3) is 5.11. The average molecular weight is 290 g/mol. The molecule has 20 heavy (non-hydrogen) atoms. The van der Waals surface area contributed by atoms with Crippen molar-refractivity contribution < 1.29 is 27.8 Å². The first-order valence-electron chi connectivity index (χ1n) is 6.41. The number of hydrogen-bond acceptors (Lipinski definition) is 3. The predicted octanol–water partition coefficient (Wildman–Crippen LogP) is 4.06. The van der Waals surface area contributed by atoms with Gasteiger partial charge < -0.3 is 9.84 Å². The number of hydrogen-bond donors (Lipinski definition) is 1. The monoisotopic (exact) mass is 290 g/mol. The third-order valence-corrected chi connectivity index (χ3v) is 2.79. The number of carbonyl (C=O) groups excluding carboxylic acids is 1. The van der Waals surface area contributed by atoms with Crippen molar-refractivity contribution in [3.63, 3.8) is 0 Å². The van der Waals surface area contributed by atoms with Crippen LogP contribution in [-0.4, -0.2) is 23.4 Å². The predicted molar refractivity (Wildman–Crippen MR) is 67.5 cm³/mol. The average Bonchev–Trinajstić information content (AvgIpc) is 2.37. The number of rotatable bonds is 6. The van der Waals surface area contributed by atoms with Crippen molar-refractivity contribution in [1.82, 2.24) is 0 Å². The summed E-state index contributed by atoms with van der Waals surface area (Å²) in [6, 6.07) is 4.88. The summed E-state index contributed by atoms with van der Waals surface area (Å²) in [6.45, 7) is 1.88. The summed E-state index contributed by atoms with van der Waals surface area (Å²) in [4.78, 5) is 11.6. The molecular formula is C14H17F3O3. The molecule has 1 rings (SSSR count). The van der Waals surface area contributed by atoms with Crippen molar-refractivity contribution in [1.29, 1.82) is 0 Å². The normalized spacial score (nSPS) is 13.0. The lowest BCUT2D eigenvalue weighted by molar-refractivity contribution is -0.206. The zero-order chi connectivity index (χ0) is 15.2. The minimum atomic E-state index is -4.57. The summed E-state index contributed by atoms with van der Waals surface area (Å²) in [6.07, 6.45) is -5.10. The summed E-state index contributed by atoms with van der Waals surface area (Å²) >= 11 is 0. The summed E-state index contributed by atoms with van der Waals surface area (Å²) in [5, 5.41) is 9.06. The zero-order valence-electron chi connectivity index (χ0n) is 11.1. The Morgan fingerprint density at radius 2 is 1.85 bits per heavy atom. The van der Waals surface area contributed by atoms with E-state index in [2.05, 4.69) is 4.74 Å². The van der Waals surface area contributed by atoms with E-state index in [1.165, 1.54) is 24.3 Å². The van der Waals surface area contributed by atoms with E-state index >= 15 is 0 Å². The van der Waals surface area contributed by atoms with Gasteiger partial charge in [0.25, 0.3) is 0 Å². The first kappa shape index (κ1) is 16.3. The van der Waals surface area contributed by atoms with Crippen LogP contribution in [0.4, 0.5) is 13.2 Å². The van der Waals surface area contributed by atoms with Gasteiger partial charge in [-0.05, 0) is 37.1 Å². The minimum absolute atomic E-state index is 0.0208. The van der Waals surface area contributed by atoms with E-state index in [0.29, 0.717) is 12.8 Å². The molecule has 1 atom stereocenters. The Kier molecular flexibility index (Phi) is 5.85. The Balaban J connectivity index is 2.68. The fraction of sp³-hybridized carbons (Fsp3) is 0.500. The Bertz CT molecular complexity index is 426. The number of unbranched alkanes of at least 4 members (excludes halogenated alkanes) is 2. The number of ether oxygens (including phenoxy) is 1. The van der Waals surface area contributed by atoms with Gasteiger partial charge in [-0.1, -0.05) is 19.8 Å². The van der Waals surface area contributed by atoms with Crippen LogP contribution in [0.1, 0.15) is 43.0 Å². The van der Waals surface area contributed by atoms with Crippen LogP contribution in [0.2, 0.25) is 0 Å². The molecule has 0 heterocycles. The molecule has 1 aromatic carbocycles. The van der Waals surface area contributed by atoms with Crippen molar-refractivity contribution >= 4 is 5.97 Å². The maximum Gasteiger partial charge on any atom is 0.425 e. The molecule has 1 aromatic rings. The van der Waals surface area contributed by atoms with Crippen LogP contribution in [0, 0.1) is 0 Å². The molecule has 3 nitrogen and oxygen atoms in total. The van der Waals surface area contributed by atoms with Crippen LogP contribution in [0.5, 0.6) is 5.75 Å². The topological polar surface area (TPSA) is 46.5 Å². The van der Waals surface area contributed by atoms with Crippen LogP contribution in [0.25, 0.3) is 0 Å². The molecule has 0 saturated carbocycles. The number of alkyl halides is 3. The summed E-state index contributed by atoms with van der Waals surface area (Å²) < 4.78 is 42.9. The Hall–Kier alpha value is -1.72. The van der Waals surface area contributed by atoms with Gasteiger partial charge in [0.1, 0.15) is 5.75 Å². The molecule has 0 spiro atoms. The Morgan fingerprint density at radius 1 is 1.25 bits per heavy atom. The van der Waals surface area contributed by atoms with Crippen molar-refractivity contribution in [3.05, 3.63) is 29.8 Å². The van der Waals surface area contributed by atoms with E-state index in [-0.39, 0.29) is 17.7 Å². The zero-order valence-corrected chi connectivity index (χ0v) is 11.1. The first-order valence-corrected chi connectivity index (χ1v) is 6.41. The van der Waals surface area contributed by atoms with Crippen LogP contribution in [0.3, 0.4) is 0 Å². The number of phenolic OH excluding ortho intramolecular Hbond substituents is 1. The van der Waals surface area contributed by atoms with Crippen molar-refractivity contribution in [2.24, 2.45) is 0 Å². The fourth-order valence-electron chi connectivity index (χ4n) is 1.66. The second-order valence-electron chi connectivity index (χ2n) is 4.48. The fourth-order valence-corrected chi connectivity index (χ4v) is 1.66. The molecule has 1 N–H and O–H groups in total. The van der Waals surface area contributed by atoms with E-state index < -0.39 is 18.2 Å². The van der Waals surface area contributed by atoms with E-state index in [9.17, 15) is 18.0 Å². The number of esters is 1.